The van der Waals surface area contributed by atoms with Crippen molar-refractivity contribution in [2.24, 2.45) is 29.1 Å². The number of carbonyl (C=O) groups excluding carboxylic acids is 1. The number of aliphatic hydroxyl groups is 1. The van der Waals surface area contributed by atoms with E-state index in [9.17, 15) is 36.2 Å². The van der Waals surface area contributed by atoms with Crippen LogP contribution in [0.1, 0.15) is 39.5 Å². The van der Waals surface area contributed by atoms with Crippen molar-refractivity contribution in [3.63, 3.8) is 0 Å². The van der Waals surface area contributed by atoms with Crippen LogP contribution in [0.4, 0.5) is 26.3 Å². The molecule has 0 amide bonds. The Bertz CT molecular complexity index is 605. The molecule has 1 heterocycles. The Morgan fingerprint density at radius 1 is 1.04 bits per heavy atom. The van der Waals surface area contributed by atoms with Gasteiger partial charge in [0, 0.05) is 0 Å². The van der Waals surface area contributed by atoms with Gasteiger partial charge in [0.15, 0.2) is 0 Å². The summed E-state index contributed by atoms with van der Waals surface area (Å²) in [7, 11) is 0. The van der Waals surface area contributed by atoms with Gasteiger partial charge in [-0.1, -0.05) is 0 Å². The molecule has 2 N–H and O–H groups in total. The van der Waals surface area contributed by atoms with Gasteiger partial charge in [0.25, 0.3) is 0 Å². The van der Waals surface area contributed by atoms with E-state index in [4.69, 9.17) is 4.74 Å². The maximum absolute atomic E-state index is 12.9. The van der Waals surface area contributed by atoms with Gasteiger partial charge in [0.1, 0.15) is 0 Å². The van der Waals surface area contributed by atoms with E-state index in [1.165, 1.54) is 0 Å². The van der Waals surface area contributed by atoms with Crippen molar-refractivity contribution >= 4 is 5.97 Å². The van der Waals surface area contributed by atoms with E-state index >= 15 is 0 Å². The Balaban J connectivity index is 1.56. The van der Waals surface area contributed by atoms with Crippen molar-refractivity contribution in [3.8, 4) is 0 Å². The Hall–Kier alpha value is -0.300. The van der Waals surface area contributed by atoms with E-state index in [1.54, 1.807) is 13.8 Å². The standard InChI is InChI=1S/C17H23F6INO3/c1-14(2,12-24-25-12)13(26)28-7-11-5-8-3-9(11)4-10(8)6-15(27,16(18,19)20)17(21,22)23/h8-12,25,27H,3-7H2,1-2H3/q-1. The Labute approximate surface area is 169 Å². The number of ether oxygens (including phenoxy) is 1. The predicted molar refractivity (Wildman–Crippen MR) is 81.2 cm³/mol. The molecule has 0 radical (unpaired) electrons. The van der Waals surface area contributed by atoms with Gasteiger partial charge >= 0.3 is 143 Å². The first-order chi connectivity index (χ1) is 12.7. The van der Waals surface area contributed by atoms with Crippen molar-refractivity contribution in [1.82, 2.24) is 3.53 Å². The van der Waals surface area contributed by atoms with Gasteiger partial charge in [0.2, 0.25) is 0 Å². The van der Waals surface area contributed by atoms with Crippen LogP contribution in [0.25, 0.3) is 0 Å². The SMILES string of the molecule is CC(C)(C(=O)OCC1CC2CC1CC2CC(O)(C(F)(F)F)C(F)(F)F)C1N[I-]1. The number of hydrogen-bond acceptors (Lipinski definition) is 4. The van der Waals surface area contributed by atoms with E-state index < -0.39 is 35.7 Å². The number of alkyl halides is 7. The van der Waals surface area contributed by atoms with Crippen molar-refractivity contribution in [3.05, 3.63) is 0 Å². The summed E-state index contributed by atoms with van der Waals surface area (Å²) in [6.07, 6.45) is -11.8. The first-order valence-electron chi connectivity index (χ1n) is 9.08. The van der Waals surface area contributed by atoms with Crippen LogP contribution in [0, 0.1) is 29.1 Å². The molecule has 0 aromatic heterocycles. The zero-order chi connectivity index (χ0) is 21.1. The Morgan fingerprint density at radius 2 is 1.54 bits per heavy atom. The van der Waals surface area contributed by atoms with E-state index in [2.05, 4.69) is 3.53 Å². The molecule has 4 nitrogen and oxygen atoms in total. The Morgan fingerprint density at radius 3 is 1.96 bits per heavy atom. The second-order valence-corrected chi connectivity index (χ2v) is 11.2. The van der Waals surface area contributed by atoms with E-state index in [0.717, 1.165) is 0 Å². The van der Waals surface area contributed by atoms with Crippen molar-refractivity contribution in [2.75, 3.05) is 6.61 Å². The summed E-state index contributed by atoms with van der Waals surface area (Å²) < 4.78 is 86.4. The minimum absolute atomic E-state index is 0.0484. The fourth-order valence-corrected chi connectivity index (χ4v) is 6.51. The molecular formula is C17H23F6INO3-. The van der Waals surface area contributed by atoms with Gasteiger partial charge in [-0.2, -0.15) is 26.3 Å². The second kappa shape index (κ2) is 7.14. The average Bonchev–Trinajstić information content (AvgIpc) is 3.25. The molecule has 1 saturated heterocycles. The molecule has 1 aliphatic heterocycles. The van der Waals surface area contributed by atoms with Gasteiger partial charge in [0.05, 0.1) is 0 Å². The Kier molecular flexibility index (Phi) is 5.71. The summed E-state index contributed by atoms with van der Waals surface area (Å²) in [5.41, 5.74) is -5.30. The van der Waals surface area contributed by atoms with Gasteiger partial charge in [-0.3, -0.25) is 0 Å². The first kappa shape index (κ1) is 22.4. The average molecular weight is 530 g/mol. The van der Waals surface area contributed by atoms with Crippen LogP contribution in [-0.4, -0.2) is 39.7 Å². The molecule has 3 fully saturated rings. The third-order valence-electron chi connectivity index (χ3n) is 6.45. The zero-order valence-electron chi connectivity index (χ0n) is 15.3. The molecule has 3 aliphatic rings. The van der Waals surface area contributed by atoms with Crippen LogP contribution in [0.15, 0.2) is 0 Å². The molecule has 3 rings (SSSR count). The molecular weight excluding hydrogens is 507 g/mol. The number of fused-ring (bicyclic) bond motifs is 2. The molecule has 2 bridgehead atoms. The summed E-state index contributed by atoms with van der Waals surface area (Å²) >= 11 is -0.175. The molecule has 5 unspecified atom stereocenters. The molecule has 2 saturated carbocycles. The fraction of sp³-hybridized carbons (Fsp3) is 0.941. The molecule has 2 aliphatic carbocycles. The number of rotatable bonds is 6. The molecule has 0 aromatic rings. The third kappa shape index (κ3) is 3.99. The zero-order valence-corrected chi connectivity index (χ0v) is 17.5. The summed E-state index contributed by atoms with van der Waals surface area (Å²) in [5, 5.41) is 9.44. The van der Waals surface area contributed by atoms with E-state index in [0.29, 0.717) is 12.8 Å². The normalized spacial score (nSPS) is 33.5. The number of carbonyl (C=O) groups is 1. The topological polar surface area (TPSA) is 68.5 Å². The maximum atomic E-state index is 12.9. The number of esters is 1. The first-order valence-corrected chi connectivity index (χ1v) is 11.4. The molecule has 28 heavy (non-hydrogen) atoms. The van der Waals surface area contributed by atoms with Crippen LogP contribution in [-0.2, 0) is 9.53 Å². The third-order valence-corrected chi connectivity index (χ3v) is 9.25. The van der Waals surface area contributed by atoms with Gasteiger partial charge in [-0.15, -0.1) is 0 Å². The molecule has 0 spiro atoms. The van der Waals surface area contributed by atoms with Gasteiger partial charge < -0.3 is 0 Å². The summed E-state index contributed by atoms with van der Waals surface area (Å²) in [5.74, 6) is -1.63. The van der Waals surface area contributed by atoms with Gasteiger partial charge in [-0.25, -0.2) is 0 Å². The summed E-state index contributed by atoms with van der Waals surface area (Å²) in [4.78, 5) is 12.3. The minimum atomic E-state index is -5.77. The second-order valence-electron chi connectivity index (χ2n) is 8.71. The predicted octanol–water partition coefficient (Wildman–Crippen LogP) is 0.397. The quantitative estimate of drug-likeness (QED) is 0.0994. The van der Waals surface area contributed by atoms with Crippen LogP contribution < -0.4 is 25.0 Å². The van der Waals surface area contributed by atoms with Crippen molar-refractivity contribution in [1.29, 1.82) is 0 Å². The van der Waals surface area contributed by atoms with Crippen molar-refractivity contribution < 1.29 is 62.5 Å². The number of halogens is 7. The van der Waals surface area contributed by atoms with Crippen LogP contribution in [0.2, 0.25) is 0 Å². The number of hydrogen-bond donors (Lipinski definition) is 2. The summed E-state index contributed by atoms with van der Waals surface area (Å²) in [6, 6.07) is 0. The fourth-order valence-electron chi connectivity index (χ4n) is 4.52. The number of nitrogens with one attached hydrogen (secondary N) is 1. The molecule has 164 valence electrons. The van der Waals surface area contributed by atoms with Gasteiger partial charge in [-0.05, 0) is 0 Å². The van der Waals surface area contributed by atoms with E-state index in [-0.39, 0.29) is 62.3 Å². The summed E-state index contributed by atoms with van der Waals surface area (Å²) in [6.45, 7) is 3.74. The van der Waals surface area contributed by atoms with E-state index in [1.807, 2.05) is 0 Å². The van der Waals surface area contributed by atoms with Crippen molar-refractivity contribution in [2.45, 2.75) is 61.5 Å². The van der Waals surface area contributed by atoms with Crippen LogP contribution in [0.5, 0.6) is 0 Å². The monoisotopic (exact) mass is 530 g/mol. The molecule has 0 aromatic carbocycles. The van der Waals surface area contributed by atoms with Crippen LogP contribution in [0.3, 0.4) is 0 Å². The molecule has 5 atom stereocenters. The molecule has 11 heteroatoms. The van der Waals surface area contributed by atoms with Crippen LogP contribution >= 0.6 is 0 Å².